The highest BCUT2D eigenvalue weighted by atomic mass is 79.9. The molecule has 1 unspecified atom stereocenters. The Balaban J connectivity index is 2.10. The van der Waals surface area contributed by atoms with Gasteiger partial charge in [-0.15, -0.1) is 0 Å². The van der Waals surface area contributed by atoms with E-state index in [4.69, 9.17) is 0 Å². The Labute approximate surface area is 173 Å². The van der Waals surface area contributed by atoms with E-state index in [2.05, 4.69) is 50.4 Å². The average Bonchev–Trinajstić information content (AvgIpc) is 3.08. The summed E-state index contributed by atoms with van der Waals surface area (Å²) in [6.07, 6.45) is 6.54. The fourth-order valence-electron chi connectivity index (χ4n) is 3.16. The van der Waals surface area contributed by atoms with Crippen molar-refractivity contribution >= 4 is 33.0 Å². The quantitative estimate of drug-likeness (QED) is 0.412. The number of anilines is 1. The highest BCUT2D eigenvalue weighted by Gasteiger charge is 2.17. The van der Waals surface area contributed by atoms with Crippen LogP contribution in [-0.2, 0) is 0 Å². The van der Waals surface area contributed by atoms with Gasteiger partial charge in [-0.2, -0.15) is 9.61 Å². The second-order valence-electron chi connectivity index (χ2n) is 6.43. The number of hydrogen-bond acceptors (Lipinski definition) is 3. The largest absolute Gasteiger partial charge is 0.363 e. The standard InChI is InChI=1S/C22H24BrFN4/c1-4-10-18(24)16(5-2)20-13-21(28-22(27-20)17(23)14-25-28)26-19(6-3)15-11-8-7-9-12-15/h5,7-14,19,26H,4,6H2,1-3H3/b16-5+,18-10+. The van der Waals surface area contributed by atoms with E-state index in [-0.39, 0.29) is 11.9 Å². The van der Waals surface area contributed by atoms with Crippen molar-refractivity contribution in [2.24, 2.45) is 0 Å². The van der Waals surface area contributed by atoms with Crippen LogP contribution < -0.4 is 5.32 Å². The third-order valence-corrected chi connectivity index (χ3v) is 5.13. The molecule has 3 aromatic rings. The summed E-state index contributed by atoms with van der Waals surface area (Å²) in [6, 6.07) is 12.2. The summed E-state index contributed by atoms with van der Waals surface area (Å²) in [5.74, 6) is 0.503. The van der Waals surface area contributed by atoms with Crippen LogP contribution in [0, 0.1) is 0 Å². The van der Waals surface area contributed by atoms with Gasteiger partial charge in [-0.1, -0.05) is 50.3 Å². The van der Waals surface area contributed by atoms with Gasteiger partial charge in [0.15, 0.2) is 5.65 Å². The number of hydrogen-bond donors (Lipinski definition) is 1. The van der Waals surface area contributed by atoms with Crippen LogP contribution >= 0.6 is 15.9 Å². The third kappa shape index (κ3) is 4.17. The van der Waals surface area contributed by atoms with Gasteiger partial charge in [0.05, 0.1) is 22.4 Å². The van der Waals surface area contributed by atoms with Crippen LogP contribution in [0.5, 0.6) is 0 Å². The van der Waals surface area contributed by atoms with Gasteiger partial charge in [-0.3, -0.25) is 0 Å². The molecule has 6 heteroatoms. The minimum atomic E-state index is -0.265. The predicted molar refractivity (Wildman–Crippen MR) is 117 cm³/mol. The Kier molecular flexibility index (Phi) is 6.62. The van der Waals surface area contributed by atoms with Crippen LogP contribution in [0.4, 0.5) is 10.2 Å². The normalized spacial score (nSPS) is 13.8. The molecule has 0 aliphatic carbocycles. The van der Waals surface area contributed by atoms with E-state index >= 15 is 0 Å². The Bertz CT molecular complexity index is 1010. The molecule has 146 valence electrons. The molecule has 0 saturated heterocycles. The van der Waals surface area contributed by atoms with Crippen molar-refractivity contribution in [3.05, 3.63) is 76.3 Å². The topological polar surface area (TPSA) is 42.2 Å². The highest BCUT2D eigenvalue weighted by Crippen LogP contribution is 2.30. The fraction of sp³-hybridized carbons (Fsp3) is 0.273. The van der Waals surface area contributed by atoms with E-state index in [1.54, 1.807) is 22.9 Å². The molecule has 1 N–H and O–H groups in total. The second-order valence-corrected chi connectivity index (χ2v) is 7.29. The van der Waals surface area contributed by atoms with Crippen molar-refractivity contribution in [1.29, 1.82) is 0 Å². The minimum absolute atomic E-state index is 0.104. The number of nitrogens with one attached hydrogen (secondary N) is 1. The van der Waals surface area contributed by atoms with E-state index in [1.165, 1.54) is 5.56 Å². The second kappa shape index (κ2) is 9.15. The lowest BCUT2D eigenvalue weighted by Gasteiger charge is -2.20. The van der Waals surface area contributed by atoms with Crippen LogP contribution in [0.1, 0.15) is 50.9 Å². The van der Waals surface area contributed by atoms with Crippen molar-refractivity contribution in [2.45, 2.75) is 39.7 Å². The Morgan fingerprint density at radius 2 is 2.04 bits per heavy atom. The van der Waals surface area contributed by atoms with Crippen LogP contribution in [0.25, 0.3) is 11.2 Å². The molecule has 0 radical (unpaired) electrons. The van der Waals surface area contributed by atoms with E-state index in [9.17, 15) is 4.39 Å². The van der Waals surface area contributed by atoms with Crippen LogP contribution in [0.2, 0.25) is 0 Å². The summed E-state index contributed by atoms with van der Waals surface area (Å²) in [5, 5.41) is 7.99. The molecule has 0 amide bonds. The lowest BCUT2D eigenvalue weighted by molar-refractivity contribution is 0.667. The first kappa shape index (κ1) is 20.3. The van der Waals surface area contributed by atoms with Crippen molar-refractivity contribution < 1.29 is 4.39 Å². The fourth-order valence-corrected chi connectivity index (χ4v) is 3.51. The first-order valence-corrected chi connectivity index (χ1v) is 10.3. The number of rotatable bonds is 7. The molecule has 0 saturated carbocycles. The molecule has 28 heavy (non-hydrogen) atoms. The number of nitrogens with zero attached hydrogens (tertiary/aromatic N) is 3. The number of allylic oxidation sites excluding steroid dienone is 4. The van der Waals surface area contributed by atoms with Crippen molar-refractivity contribution in [3.63, 3.8) is 0 Å². The Morgan fingerprint density at radius 1 is 1.29 bits per heavy atom. The predicted octanol–water partition coefficient (Wildman–Crippen LogP) is 6.72. The molecular weight excluding hydrogens is 419 g/mol. The monoisotopic (exact) mass is 442 g/mol. The number of aromatic nitrogens is 3. The van der Waals surface area contributed by atoms with Gasteiger partial charge in [0.25, 0.3) is 0 Å². The first-order chi connectivity index (χ1) is 13.6. The van der Waals surface area contributed by atoms with Crippen LogP contribution in [0.3, 0.4) is 0 Å². The van der Waals surface area contributed by atoms with Crippen molar-refractivity contribution in [3.8, 4) is 0 Å². The molecule has 0 aliphatic heterocycles. The molecule has 1 aromatic carbocycles. The molecule has 2 aromatic heterocycles. The maximum atomic E-state index is 14.6. The van der Waals surface area contributed by atoms with Crippen molar-refractivity contribution in [2.75, 3.05) is 5.32 Å². The van der Waals surface area contributed by atoms with Gasteiger partial charge in [-0.05, 0) is 47.3 Å². The van der Waals surface area contributed by atoms with E-state index < -0.39 is 0 Å². The molecule has 1 atom stereocenters. The zero-order valence-electron chi connectivity index (χ0n) is 16.3. The molecule has 4 nitrogen and oxygen atoms in total. The SMILES string of the molecule is C/C=C(\C(F)=C/CC)c1cc(NC(CC)c2ccccc2)n2ncc(Br)c2n1. The molecular formula is C22H24BrFN4. The minimum Gasteiger partial charge on any atom is -0.363 e. The van der Waals surface area contributed by atoms with E-state index in [0.29, 0.717) is 23.3 Å². The van der Waals surface area contributed by atoms with Gasteiger partial charge >= 0.3 is 0 Å². The molecule has 0 spiro atoms. The number of benzene rings is 1. The first-order valence-electron chi connectivity index (χ1n) is 9.47. The molecule has 0 aliphatic rings. The summed E-state index contributed by atoms with van der Waals surface area (Å²) >= 11 is 3.50. The summed E-state index contributed by atoms with van der Waals surface area (Å²) < 4.78 is 17.1. The maximum absolute atomic E-state index is 14.6. The van der Waals surface area contributed by atoms with Gasteiger partial charge < -0.3 is 5.32 Å². The van der Waals surface area contributed by atoms with Crippen LogP contribution in [-0.4, -0.2) is 14.6 Å². The van der Waals surface area contributed by atoms with Gasteiger partial charge in [0, 0.05) is 11.6 Å². The summed E-state index contributed by atoms with van der Waals surface area (Å²) in [5.41, 5.74) is 2.88. The highest BCUT2D eigenvalue weighted by molar-refractivity contribution is 9.10. The smallest absolute Gasteiger partial charge is 0.172 e. The Hall–Kier alpha value is -2.47. The summed E-state index contributed by atoms with van der Waals surface area (Å²) in [6.45, 7) is 5.86. The molecule has 0 bridgehead atoms. The lowest BCUT2D eigenvalue weighted by atomic mass is 10.0. The molecule has 0 fully saturated rings. The molecule has 3 rings (SSSR count). The van der Waals surface area contributed by atoms with Gasteiger partial charge in [-0.25, -0.2) is 9.37 Å². The van der Waals surface area contributed by atoms with Gasteiger partial charge in [0.1, 0.15) is 11.6 Å². The summed E-state index contributed by atoms with van der Waals surface area (Å²) in [7, 11) is 0. The zero-order chi connectivity index (χ0) is 20.1. The van der Waals surface area contributed by atoms with E-state index in [1.807, 2.05) is 38.1 Å². The van der Waals surface area contributed by atoms with E-state index in [0.717, 1.165) is 16.7 Å². The third-order valence-electron chi connectivity index (χ3n) is 4.57. The average molecular weight is 443 g/mol. The number of halogens is 2. The van der Waals surface area contributed by atoms with Gasteiger partial charge in [0.2, 0.25) is 0 Å². The van der Waals surface area contributed by atoms with Crippen LogP contribution in [0.15, 0.2) is 65.0 Å². The number of fused-ring (bicyclic) bond motifs is 1. The maximum Gasteiger partial charge on any atom is 0.172 e. The summed E-state index contributed by atoms with van der Waals surface area (Å²) in [4.78, 5) is 4.64. The molecule has 2 heterocycles. The Morgan fingerprint density at radius 3 is 2.68 bits per heavy atom. The lowest BCUT2D eigenvalue weighted by Crippen LogP contribution is -2.14. The zero-order valence-corrected chi connectivity index (χ0v) is 17.9. The van der Waals surface area contributed by atoms with Crippen molar-refractivity contribution in [1.82, 2.24) is 14.6 Å².